The lowest BCUT2D eigenvalue weighted by Crippen LogP contribution is -2.18. The first-order valence-corrected chi connectivity index (χ1v) is 7.65. The van der Waals surface area contributed by atoms with Crippen molar-refractivity contribution in [3.05, 3.63) is 58.6 Å². The van der Waals surface area contributed by atoms with Crippen molar-refractivity contribution in [3.8, 4) is 11.5 Å². The fourth-order valence-electron chi connectivity index (χ4n) is 2.20. The van der Waals surface area contributed by atoms with E-state index in [-0.39, 0.29) is 6.04 Å². The van der Waals surface area contributed by atoms with Crippen molar-refractivity contribution in [3.63, 3.8) is 0 Å². The van der Waals surface area contributed by atoms with Gasteiger partial charge in [-0.05, 0) is 60.7 Å². The van der Waals surface area contributed by atoms with Crippen LogP contribution in [-0.2, 0) is 6.42 Å². The zero-order valence-corrected chi connectivity index (χ0v) is 13.5. The highest BCUT2D eigenvalue weighted by atomic mass is 35.5. The third kappa shape index (κ3) is 4.48. The van der Waals surface area contributed by atoms with Crippen molar-refractivity contribution in [1.82, 2.24) is 0 Å². The lowest BCUT2D eigenvalue weighted by atomic mass is 10.0. The quantitative estimate of drug-likeness (QED) is 0.829. The summed E-state index contributed by atoms with van der Waals surface area (Å²) in [5.74, 6) is 2.16. The molecule has 2 N–H and O–H groups in total. The summed E-state index contributed by atoms with van der Waals surface area (Å²) in [6.45, 7) is 6.33. The Labute approximate surface area is 131 Å². The second kappa shape index (κ2) is 6.97. The molecule has 1 atom stereocenters. The number of ether oxygens (including phenoxy) is 1. The summed E-state index contributed by atoms with van der Waals surface area (Å²) < 4.78 is 5.99. The molecule has 0 aliphatic rings. The molecule has 2 rings (SSSR count). The molecule has 1 unspecified atom stereocenters. The minimum Gasteiger partial charge on any atom is -0.457 e. The van der Waals surface area contributed by atoms with Gasteiger partial charge in [-0.25, -0.2) is 0 Å². The predicted molar refractivity (Wildman–Crippen MR) is 89.4 cm³/mol. The maximum absolute atomic E-state index is 6.06. The maximum atomic E-state index is 6.06. The van der Waals surface area contributed by atoms with Crippen LogP contribution in [0.3, 0.4) is 0 Å². The highest BCUT2D eigenvalue weighted by Gasteiger charge is 2.09. The van der Waals surface area contributed by atoms with Crippen molar-refractivity contribution < 1.29 is 4.74 Å². The third-order valence-corrected chi connectivity index (χ3v) is 3.57. The summed E-state index contributed by atoms with van der Waals surface area (Å²) in [5, 5.41) is 0.702. The predicted octanol–water partition coefficient (Wildman–Crippen LogP) is 5.15. The normalized spacial score (nSPS) is 12.5. The Morgan fingerprint density at radius 3 is 2.29 bits per heavy atom. The second-order valence-electron chi connectivity index (χ2n) is 5.76. The maximum Gasteiger partial charge on any atom is 0.130 e. The number of halogens is 1. The van der Waals surface area contributed by atoms with Gasteiger partial charge in [0.1, 0.15) is 11.5 Å². The minimum absolute atomic E-state index is 0.0640. The first kappa shape index (κ1) is 15.9. The molecular weight excluding hydrogens is 282 g/mol. The monoisotopic (exact) mass is 303 g/mol. The van der Waals surface area contributed by atoms with Crippen LogP contribution >= 0.6 is 11.6 Å². The molecule has 0 heterocycles. The summed E-state index contributed by atoms with van der Waals surface area (Å²) in [7, 11) is 0. The first-order chi connectivity index (χ1) is 9.95. The fraction of sp³-hybridized carbons (Fsp3) is 0.333. The van der Waals surface area contributed by atoms with Gasteiger partial charge in [-0.3, -0.25) is 0 Å². The van der Waals surface area contributed by atoms with E-state index in [1.165, 1.54) is 5.56 Å². The summed E-state index contributed by atoms with van der Waals surface area (Å²) in [6.07, 6.45) is 0.736. The molecule has 0 aliphatic carbocycles. The zero-order valence-electron chi connectivity index (χ0n) is 12.8. The Balaban J connectivity index is 2.22. The third-order valence-electron chi connectivity index (χ3n) is 3.34. The molecule has 2 aromatic rings. The summed E-state index contributed by atoms with van der Waals surface area (Å²) >= 11 is 6.06. The van der Waals surface area contributed by atoms with Gasteiger partial charge in [0.05, 0.1) is 0 Å². The van der Waals surface area contributed by atoms with Gasteiger partial charge < -0.3 is 10.5 Å². The Morgan fingerprint density at radius 2 is 1.71 bits per heavy atom. The van der Waals surface area contributed by atoms with E-state index in [4.69, 9.17) is 22.1 Å². The fourth-order valence-corrected chi connectivity index (χ4v) is 2.40. The molecule has 21 heavy (non-hydrogen) atoms. The van der Waals surface area contributed by atoms with Crippen LogP contribution in [0.15, 0.2) is 42.5 Å². The van der Waals surface area contributed by atoms with E-state index in [9.17, 15) is 0 Å². The largest absolute Gasteiger partial charge is 0.457 e. The Bertz CT molecular complexity index is 591. The van der Waals surface area contributed by atoms with Gasteiger partial charge in [-0.2, -0.15) is 0 Å². The van der Waals surface area contributed by atoms with Crippen molar-refractivity contribution in [2.24, 2.45) is 5.73 Å². The van der Waals surface area contributed by atoms with Crippen LogP contribution in [0.25, 0.3) is 0 Å². The van der Waals surface area contributed by atoms with E-state index in [0.29, 0.717) is 10.9 Å². The van der Waals surface area contributed by atoms with Gasteiger partial charge in [0.15, 0.2) is 0 Å². The Kier molecular flexibility index (Phi) is 5.27. The summed E-state index contributed by atoms with van der Waals surface area (Å²) in [5.41, 5.74) is 8.22. The molecule has 0 radical (unpaired) electrons. The molecule has 0 spiro atoms. The van der Waals surface area contributed by atoms with Crippen LogP contribution < -0.4 is 10.5 Å². The number of rotatable bonds is 5. The number of hydrogen-bond acceptors (Lipinski definition) is 2. The number of benzene rings is 2. The van der Waals surface area contributed by atoms with Crippen LogP contribution in [0.2, 0.25) is 5.02 Å². The van der Waals surface area contributed by atoms with Crippen molar-refractivity contribution in [2.45, 2.75) is 39.2 Å². The molecule has 0 bridgehead atoms. The molecule has 2 nitrogen and oxygen atoms in total. The average molecular weight is 304 g/mol. The summed E-state index contributed by atoms with van der Waals surface area (Å²) in [4.78, 5) is 0. The molecule has 3 heteroatoms. The van der Waals surface area contributed by atoms with Crippen molar-refractivity contribution in [2.75, 3.05) is 0 Å². The van der Waals surface area contributed by atoms with E-state index >= 15 is 0 Å². The Hall–Kier alpha value is -1.51. The lowest BCUT2D eigenvalue weighted by Gasteiger charge is -2.14. The minimum atomic E-state index is 0.0640. The van der Waals surface area contributed by atoms with Crippen LogP contribution in [0.5, 0.6) is 11.5 Å². The highest BCUT2D eigenvalue weighted by molar-refractivity contribution is 6.30. The topological polar surface area (TPSA) is 35.2 Å². The molecule has 0 saturated carbocycles. The van der Waals surface area contributed by atoms with E-state index in [0.717, 1.165) is 23.5 Å². The van der Waals surface area contributed by atoms with Crippen molar-refractivity contribution >= 4 is 11.6 Å². The Morgan fingerprint density at radius 1 is 1.05 bits per heavy atom. The summed E-state index contributed by atoms with van der Waals surface area (Å²) in [6, 6.07) is 13.9. The average Bonchev–Trinajstić information content (AvgIpc) is 2.42. The first-order valence-electron chi connectivity index (χ1n) is 7.27. The molecule has 112 valence electrons. The van der Waals surface area contributed by atoms with Crippen LogP contribution in [-0.4, -0.2) is 6.04 Å². The standard InChI is InChI=1S/C18H22ClNO/c1-12(2)14-4-7-17(8-5-14)21-18-9-6-16(19)11-15(18)10-13(3)20/h4-9,11-13H,10,20H2,1-3H3. The van der Waals surface area contributed by atoms with Crippen LogP contribution in [0.1, 0.15) is 37.8 Å². The molecule has 0 amide bonds. The molecule has 0 fully saturated rings. The SMILES string of the molecule is CC(N)Cc1cc(Cl)ccc1Oc1ccc(C(C)C)cc1. The van der Waals surface area contributed by atoms with Crippen LogP contribution in [0.4, 0.5) is 0 Å². The van der Waals surface area contributed by atoms with Crippen molar-refractivity contribution in [1.29, 1.82) is 0 Å². The number of hydrogen-bond donors (Lipinski definition) is 1. The molecule has 0 saturated heterocycles. The van der Waals surface area contributed by atoms with E-state index in [2.05, 4.69) is 26.0 Å². The van der Waals surface area contributed by atoms with E-state index in [1.807, 2.05) is 37.3 Å². The highest BCUT2D eigenvalue weighted by Crippen LogP contribution is 2.29. The molecule has 0 aliphatic heterocycles. The molecular formula is C18H22ClNO. The smallest absolute Gasteiger partial charge is 0.130 e. The van der Waals surface area contributed by atoms with Gasteiger partial charge in [0.25, 0.3) is 0 Å². The molecule has 2 aromatic carbocycles. The van der Waals surface area contributed by atoms with E-state index < -0.39 is 0 Å². The number of nitrogens with two attached hydrogens (primary N) is 1. The van der Waals surface area contributed by atoms with E-state index in [1.54, 1.807) is 0 Å². The van der Waals surface area contributed by atoms with Gasteiger partial charge in [-0.15, -0.1) is 0 Å². The zero-order chi connectivity index (χ0) is 15.4. The lowest BCUT2D eigenvalue weighted by molar-refractivity contribution is 0.473. The van der Waals surface area contributed by atoms with Gasteiger partial charge in [0.2, 0.25) is 0 Å². The van der Waals surface area contributed by atoms with Gasteiger partial charge in [0, 0.05) is 11.1 Å². The second-order valence-corrected chi connectivity index (χ2v) is 6.20. The van der Waals surface area contributed by atoms with Gasteiger partial charge in [-0.1, -0.05) is 37.6 Å². The molecule has 0 aromatic heterocycles. The van der Waals surface area contributed by atoms with Gasteiger partial charge >= 0.3 is 0 Å². The van der Waals surface area contributed by atoms with Crippen LogP contribution in [0, 0.1) is 0 Å².